The molecule has 2 heterocycles. The second-order valence-corrected chi connectivity index (χ2v) is 6.60. The maximum Gasteiger partial charge on any atom is 0.259 e. The van der Waals surface area contributed by atoms with Gasteiger partial charge in [-0.05, 0) is 19.1 Å². The first kappa shape index (κ1) is 18.8. The van der Waals surface area contributed by atoms with E-state index < -0.39 is 0 Å². The Hall–Kier alpha value is -1.95. The lowest BCUT2D eigenvalue weighted by molar-refractivity contribution is 0.395. The minimum absolute atomic E-state index is 0.235. The lowest BCUT2D eigenvalue weighted by atomic mass is 10.0. The van der Waals surface area contributed by atoms with Gasteiger partial charge in [0.1, 0.15) is 16.7 Å². The lowest BCUT2D eigenvalue weighted by Gasteiger charge is -2.16. The van der Waals surface area contributed by atoms with E-state index in [1.54, 1.807) is 29.0 Å². The molecule has 1 aromatic carbocycles. The maximum absolute atomic E-state index is 13.1. The van der Waals surface area contributed by atoms with Gasteiger partial charge in [-0.25, -0.2) is 4.98 Å². The minimum atomic E-state index is -0.249. The van der Waals surface area contributed by atoms with Crippen molar-refractivity contribution in [2.24, 2.45) is 0 Å². The van der Waals surface area contributed by atoms with Crippen molar-refractivity contribution in [2.75, 3.05) is 14.2 Å². The molecule has 0 aliphatic rings. The van der Waals surface area contributed by atoms with Crippen LogP contribution in [0.15, 0.2) is 29.2 Å². The number of benzene rings is 1. The summed E-state index contributed by atoms with van der Waals surface area (Å²) >= 11 is 18.9. The third-order valence-corrected chi connectivity index (χ3v) is 5.06. The Morgan fingerprint density at radius 2 is 1.65 bits per heavy atom. The summed E-state index contributed by atoms with van der Waals surface area (Å²) in [6.45, 7) is 2.31. The normalized spacial score (nSPS) is 11.0. The van der Waals surface area contributed by atoms with Crippen molar-refractivity contribution in [1.29, 1.82) is 0 Å². The van der Waals surface area contributed by atoms with Crippen LogP contribution >= 0.6 is 34.8 Å². The van der Waals surface area contributed by atoms with E-state index in [0.717, 1.165) is 5.39 Å². The molecule has 0 saturated heterocycles. The average Bonchev–Trinajstić information content (AvgIpc) is 2.63. The van der Waals surface area contributed by atoms with Gasteiger partial charge in [0.15, 0.2) is 0 Å². The van der Waals surface area contributed by atoms with Crippen LogP contribution < -0.4 is 15.0 Å². The van der Waals surface area contributed by atoms with E-state index in [0.29, 0.717) is 39.8 Å². The number of nitrogens with zero attached hydrogens (tertiary/aromatic N) is 2. The van der Waals surface area contributed by atoms with Crippen molar-refractivity contribution in [1.82, 2.24) is 9.55 Å². The fourth-order valence-electron chi connectivity index (χ4n) is 2.86. The number of fused-ring (bicyclic) bond motifs is 1. The van der Waals surface area contributed by atoms with Crippen LogP contribution in [0, 0.1) is 0 Å². The Labute approximate surface area is 165 Å². The van der Waals surface area contributed by atoms with Gasteiger partial charge in [0, 0.05) is 29.8 Å². The van der Waals surface area contributed by atoms with Crippen LogP contribution in [0.2, 0.25) is 15.2 Å². The summed E-state index contributed by atoms with van der Waals surface area (Å²) < 4.78 is 12.2. The number of halogens is 3. The first-order valence-electron chi connectivity index (χ1n) is 7.72. The Morgan fingerprint density at radius 1 is 1.04 bits per heavy atom. The summed E-state index contributed by atoms with van der Waals surface area (Å²) in [7, 11) is 2.96. The monoisotopic (exact) mass is 412 g/mol. The molecular weight excluding hydrogens is 399 g/mol. The number of methoxy groups -OCH3 is 2. The fourth-order valence-corrected chi connectivity index (χ4v) is 3.72. The molecule has 2 aromatic heterocycles. The molecule has 0 saturated carbocycles. The molecule has 136 valence electrons. The van der Waals surface area contributed by atoms with Crippen molar-refractivity contribution >= 4 is 45.7 Å². The summed E-state index contributed by atoms with van der Waals surface area (Å²) in [5.41, 5.74) is 1.12. The van der Waals surface area contributed by atoms with Gasteiger partial charge in [0.05, 0.1) is 35.3 Å². The summed E-state index contributed by atoms with van der Waals surface area (Å²) in [5.74, 6) is 0.722. The maximum atomic E-state index is 13.1. The smallest absolute Gasteiger partial charge is 0.259 e. The molecule has 0 atom stereocenters. The lowest BCUT2D eigenvalue weighted by Crippen LogP contribution is -2.21. The van der Waals surface area contributed by atoms with E-state index in [2.05, 4.69) is 4.98 Å². The number of hydrogen-bond donors (Lipinski definition) is 0. The SMILES string of the molecule is CCn1c(=O)c(-c2c(Cl)c(OC)cc(OC)c2Cl)cc2cnc(Cl)cc21. The van der Waals surface area contributed by atoms with E-state index in [4.69, 9.17) is 44.3 Å². The molecule has 0 aliphatic heterocycles. The Balaban J connectivity index is 2.45. The Morgan fingerprint density at radius 3 is 2.19 bits per heavy atom. The molecule has 8 heteroatoms. The Bertz CT molecular complexity index is 1040. The van der Waals surface area contributed by atoms with Gasteiger partial charge in [-0.15, -0.1) is 0 Å². The molecule has 0 spiro atoms. The van der Waals surface area contributed by atoms with Crippen LogP contribution in [0.1, 0.15) is 6.92 Å². The highest BCUT2D eigenvalue weighted by molar-refractivity contribution is 6.41. The highest BCUT2D eigenvalue weighted by atomic mass is 35.5. The van der Waals surface area contributed by atoms with Gasteiger partial charge < -0.3 is 14.0 Å². The van der Waals surface area contributed by atoms with Crippen molar-refractivity contribution in [3.63, 3.8) is 0 Å². The standard InChI is InChI=1S/C18H15Cl3N2O3/c1-4-23-11-6-14(19)22-8-9(11)5-10(18(23)24)15-16(20)12(25-2)7-13(26-3)17(15)21/h5-8H,4H2,1-3H3. The van der Waals surface area contributed by atoms with Crippen LogP contribution in [0.5, 0.6) is 11.5 Å². The predicted molar refractivity (Wildman–Crippen MR) is 105 cm³/mol. The molecule has 3 aromatic rings. The molecule has 0 fully saturated rings. The third-order valence-electron chi connectivity index (χ3n) is 4.10. The van der Waals surface area contributed by atoms with E-state index >= 15 is 0 Å². The van der Waals surface area contributed by atoms with Crippen LogP contribution in [0.25, 0.3) is 22.0 Å². The zero-order valence-corrected chi connectivity index (χ0v) is 16.5. The number of aryl methyl sites for hydroxylation is 1. The van der Waals surface area contributed by atoms with Crippen molar-refractivity contribution in [2.45, 2.75) is 13.5 Å². The molecule has 0 aliphatic carbocycles. The van der Waals surface area contributed by atoms with Crippen LogP contribution in [0.4, 0.5) is 0 Å². The third kappa shape index (κ3) is 3.00. The second-order valence-electron chi connectivity index (χ2n) is 5.46. The number of rotatable bonds is 4. The summed E-state index contributed by atoms with van der Waals surface area (Å²) in [5, 5.41) is 1.52. The Kier molecular flexibility index (Phi) is 5.32. The molecule has 0 amide bonds. The van der Waals surface area contributed by atoms with E-state index in [-0.39, 0.29) is 15.6 Å². The zero-order chi connectivity index (χ0) is 19.0. The molecule has 5 nitrogen and oxygen atoms in total. The minimum Gasteiger partial charge on any atom is -0.495 e. The summed E-state index contributed by atoms with van der Waals surface area (Å²) in [4.78, 5) is 17.2. The number of pyridine rings is 2. The van der Waals surface area contributed by atoms with Crippen molar-refractivity contribution in [3.8, 4) is 22.6 Å². The van der Waals surface area contributed by atoms with E-state index in [1.165, 1.54) is 14.2 Å². The average molecular weight is 414 g/mol. The summed E-state index contributed by atoms with van der Waals surface area (Å²) in [6.07, 6.45) is 1.60. The fraction of sp³-hybridized carbons (Fsp3) is 0.222. The second kappa shape index (κ2) is 7.35. The number of hydrogen-bond acceptors (Lipinski definition) is 4. The highest BCUT2D eigenvalue weighted by Crippen LogP contribution is 2.45. The molecule has 26 heavy (non-hydrogen) atoms. The number of ether oxygens (including phenoxy) is 2. The zero-order valence-electron chi connectivity index (χ0n) is 14.3. The molecule has 0 unspecified atom stereocenters. The van der Waals surface area contributed by atoms with E-state index in [1.807, 2.05) is 6.92 Å². The largest absolute Gasteiger partial charge is 0.495 e. The van der Waals surface area contributed by atoms with Crippen LogP contribution in [-0.4, -0.2) is 23.8 Å². The number of aromatic nitrogens is 2. The molecule has 3 rings (SSSR count). The first-order valence-corrected chi connectivity index (χ1v) is 8.85. The van der Waals surface area contributed by atoms with E-state index in [9.17, 15) is 4.79 Å². The predicted octanol–water partition coefficient (Wildman–Crippen LogP) is 5.06. The topological polar surface area (TPSA) is 53.4 Å². The van der Waals surface area contributed by atoms with Gasteiger partial charge in [0.25, 0.3) is 5.56 Å². The molecule has 0 radical (unpaired) electrons. The van der Waals surface area contributed by atoms with Crippen LogP contribution in [-0.2, 0) is 6.54 Å². The van der Waals surface area contributed by atoms with Crippen molar-refractivity contribution in [3.05, 3.63) is 49.9 Å². The first-order chi connectivity index (χ1) is 12.4. The highest BCUT2D eigenvalue weighted by Gasteiger charge is 2.22. The summed E-state index contributed by atoms with van der Waals surface area (Å²) in [6, 6.07) is 4.93. The van der Waals surface area contributed by atoms with Gasteiger partial charge >= 0.3 is 0 Å². The van der Waals surface area contributed by atoms with Gasteiger partial charge in [-0.3, -0.25) is 4.79 Å². The van der Waals surface area contributed by atoms with Gasteiger partial charge in [-0.1, -0.05) is 34.8 Å². The molecule has 0 bridgehead atoms. The van der Waals surface area contributed by atoms with Crippen molar-refractivity contribution < 1.29 is 9.47 Å². The van der Waals surface area contributed by atoms with Gasteiger partial charge in [0.2, 0.25) is 0 Å². The molecular formula is C18H15Cl3N2O3. The van der Waals surface area contributed by atoms with Gasteiger partial charge in [-0.2, -0.15) is 0 Å². The quantitative estimate of drug-likeness (QED) is 0.561. The van der Waals surface area contributed by atoms with Crippen LogP contribution in [0.3, 0.4) is 0 Å². The molecule has 0 N–H and O–H groups in total.